The first-order valence-corrected chi connectivity index (χ1v) is 8.52. The number of hydrogen-bond acceptors (Lipinski definition) is 5. The largest absolute Gasteiger partial charge is 0.304 e. The summed E-state index contributed by atoms with van der Waals surface area (Å²) >= 11 is 5.50. The Morgan fingerprint density at radius 3 is 2.52 bits per heavy atom. The van der Waals surface area contributed by atoms with Gasteiger partial charge in [0.2, 0.25) is 0 Å². The van der Waals surface area contributed by atoms with Crippen LogP contribution in [0.15, 0.2) is 30.9 Å². The zero-order chi connectivity index (χ0) is 16.2. The van der Waals surface area contributed by atoms with E-state index in [1.165, 1.54) is 5.56 Å². The van der Waals surface area contributed by atoms with Gasteiger partial charge < -0.3 is 4.57 Å². The van der Waals surface area contributed by atoms with E-state index in [0.717, 1.165) is 44.2 Å². The lowest BCUT2D eigenvalue weighted by atomic mass is 10.2. The Morgan fingerprint density at radius 2 is 1.91 bits per heavy atom. The van der Waals surface area contributed by atoms with Crippen molar-refractivity contribution in [1.82, 2.24) is 29.1 Å². The molecule has 3 rings (SSSR count). The standard InChI is InChI=1S/C16H24N6S/c1-14(2)21-12-18-22(16(21)23)13-20-8-6-19(7-9-20)11-15-4-3-5-17-10-15/h3-5,10,12,14H,6-9,11,13H2,1-2H3. The Balaban J connectivity index is 1.52. The summed E-state index contributed by atoms with van der Waals surface area (Å²) in [6, 6.07) is 4.49. The fraction of sp³-hybridized carbons (Fsp3) is 0.562. The lowest BCUT2D eigenvalue weighted by Crippen LogP contribution is -2.46. The molecular formula is C16H24N6S. The second-order valence-corrected chi connectivity index (χ2v) is 6.68. The highest BCUT2D eigenvalue weighted by Crippen LogP contribution is 2.10. The highest BCUT2D eigenvalue weighted by Gasteiger charge is 2.18. The SMILES string of the molecule is CC(C)n1cnn(CN2CCN(Cc3cccnc3)CC2)c1=S. The van der Waals surface area contributed by atoms with Crippen molar-refractivity contribution >= 4 is 12.2 Å². The van der Waals surface area contributed by atoms with Crippen LogP contribution in [0.1, 0.15) is 25.5 Å². The van der Waals surface area contributed by atoms with Crippen molar-refractivity contribution in [3.8, 4) is 0 Å². The minimum atomic E-state index is 0.354. The lowest BCUT2D eigenvalue weighted by Gasteiger charge is -2.34. The molecule has 1 aliphatic rings. The summed E-state index contributed by atoms with van der Waals surface area (Å²) in [6.07, 6.45) is 5.61. The van der Waals surface area contributed by atoms with Gasteiger partial charge in [-0.3, -0.25) is 14.8 Å². The van der Waals surface area contributed by atoms with Gasteiger partial charge in [-0.1, -0.05) is 6.07 Å². The number of pyridine rings is 1. The van der Waals surface area contributed by atoms with Crippen molar-refractivity contribution in [3.63, 3.8) is 0 Å². The van der Waals surface area contributed by atoms with Crippen molar-refractivity contribution < 1.29 is 0 Å². The molecule has 0 N–H and O–H groups in total. The lowest BCUT2D eigenvalue weighted by molar-refractivity contribution is 0.0979. The minimum absolute atomic E-state index is 0.354. The molecule has 2 aromatic rings. The Bertz CT molecular complexity index is 669. The molecule has 2 aromatic heterocycles. The van der Waals surface area contributed by atoms with Crippen LogP contribution in [0, 0.1) is 4.77 Å². The molecule has 7 heteroatoms. The first-order valence-electron chi connectivity index (χ1n) is 8.11. The molecule has 23 heavy (non-hydrogen) atoms. The van der Waals surface area contributed by atoms with Crippen LogP contribution in [0.3, 0.4) is 0 Å². The van der Waals surface area contributed by atoms with Gasteiger partial charge in [0, 0.05) is 51.2 Å². The van der Waals surface area contributed by atoms with Gasteiger partial charge in [-0.05, 0) is 37.7 Å². The Hall–Kier alpha value is -1.57. The molecule has 0 saturated carbocycles. The van der Waals surface area contributed by atoms with E-state index in [0.29, 0.717) is 6.04 Å². The normalized spacial score (nSPS) is 17.0. The van der Waals surface area contributed by atoms with Crippen LogP contribution in [0.2, 0.25) is 0 Å². The molecular weight excluding hydrogens is 308 g/mol. The molecule has 1 aliphatic heterocycles. The Labute approximate surface area is 142 Å². The minimum Gasteiger partial charge on any atom is -0.304 e. The monoisotopic (exact) mass is 332 g/mol. The first kappa shape index (κ1) is 16.3. The molecule has 6 nitrogen and oxygen atoms in total. The smallest absolute Gasteiger partial charge is 0.199 e. The molecule has 0 unspecified atom stereocenters. The van der Waals surface area contributed by atoms with Crippen LogP contribution in [0.25, 0.3) is 0 Å². The number of aromatic nitrogens is 4. The predicted octanol–water partition coefficient (Wildman–Crippen LogP) is 2.17. The average molecular weight is 332 g/mol. The number of nitrogens with zero attached hydrogens (tertiary/aromatic N) is 6. The Morgan fingerprint density at radius 1 is 1.17 bits per heavy atom. The third-order valence-electron chi connectivity index (χ3n) is 4.24. The van der Waals surface area contributed by atoms with E-state index in [1.807, 2.05) is 34.0 Å². The Kier molecular flexibility index (Phi) is 5.20. The van der Waals surface area contributed by atoms with Crippen LogP contribution < -0.4 is 0 Å². The van der Waals surface area contributed by atoms with Gasteiger partial charge in [-0.2, -0.15) is 5.10 Å². The molecule has 0 atom stereocenters. The summed E-state index contributed by atoms with van der Waals surface area (Å²) in [7, 11) is 0. The van der Waals surface area contributed by atoms with E-state index < -0.39 is 0 Å². The van der Waals surface area contributed by atoms with Crippen LogP contribution in [-0.4, -0.2) is 55.3 Å². The topological polar surface area (TPSA) is 42.1 Å². The summed E-state index contributed by atoms with van der Waals surface area (Å²) in [5, 5.41) is 4.43. The average Bonchev–Trinajstić information content (AvgIpc) is 2.91. The van der Waals surface area contributed by atoms with Gasteiger partial charge in [0.1, 0.15) is 6.33 Å². The quantitative estimate of drug-likeness (QED) is 0.785. The van der Waals surface area contributed by atoms with Crippen LogP contribution >= 0.6 is 12.2 Å². The maximum absolute atomic E-state index is 5.50. The molecule has 0 amide bonds. The van der Waals surface area contributed by atoms with E-state index in [-0.39, 0.29) is 0 Å². The second kappa shape index (κ2) is 7.33. The summed E-state index contributed by atoms with van der Waals surface area (Å²) in [4.78, 5) is 9.07. The van der Waals surface area contributed by atoms with Crippen molar-refractivity contribution in [2.75, 3.05) is 26.2 Å². The fourth-order valence-electron chi connectivity index (χ4n) is 2.83. The van der Waals surface area contributed by atoms with Crippen LogP contribution in [0.5, 0.6) is 0 Å². The predicted molar refractivity (Wildman–Crippen MR) is 92.5 cm³/mol. The van der Waals surface area contributed by atoms with Gasteiger partial charge in [-0.25, -0.2) is 4.68 Å². The van der Waals surface area contributed by atoms with Crippen molar-refractivity contribution in [3.05, 3.63) is 41.2 Å². The van der Waals surface area contributed by atoms with E-state index in [2.05, 4.69) is 39.8 Å². The fourth-order valence-corrected chi connectivity index (χ4v) is 3.19. The van der Waals surface area contributed by atoms with Gasteiger partial charge in [-0.15, -0.1) is 0 Å². The first-order chi connectivity index (χ1) is 11.1. The molecule has 0 bridgehead atoms. The molecule has 1 saturated heterocycles. The summed E-state index contributed by atoms with van der Waals surface area (Å²) in [5.74, 6) is 0. The molecule has 0 spiro atoms. The van der Waals surface area contributed by atoms with E-state index in [9.17, 15) is 0 Å². The summed E-state index contributed by atoms with van der Waals surface area (Å²) in [6.45, 7) is 10.2. The zero-order valence-corrected chi connectivity index (χ0v) is 14.6. The molecule has 124 valence electrons. The van der Waals surface area contributed by atoms with E-state index in [4.69, 9.17) is 12.2 Å². The molecule has 0 aliphatic carbocycles. The third-order valence-corrected chi connectivity index (χ3v) is 4.66. The number of hydrogen-bond donors (Lipinski definition) is 0. The number of rotatable bonds is 5. The third kappa shape index (κ3) is 4.04. The maximum Gasteiger partial charge on any atom is 0.199 e. The molecule has 0 aromatic carbocycles. The highest BCUT2D eigenvalue weighted by molar-refractivity contribution is 7.71. The van der Waals surface area contributed by atoms with Crippen molar-refractivity contribution in [1.29, 1.82) is 0 Å². The number of piperazine rings is 1. The van der Waals surface area contributed by atoms with Crippen LogP contribution in [0.4, 0.5) is 0 Å². The van der Waals surface area contributed by atoms with Crippen molar-refractivity contribution in [2.45, 2.75) is 33.1 Å². The highest BCUT2D eigenvalue weighted by atomic mass is 32.1. The zero-order valence-electron chi connectivity index (χ0n) is 13.8. The van der Waals surface area contributed by atoms with E-state index >= 15 is 0 Å². The van der Waals surface area contributed by atoms with Gasteiger partial charge in [0.25, 0.3) is 0 Å². The second-order valence-electron chi connectivity index (χ2n) is 6.31. The van der Waals surface area contributed by atoms with Crippen molar-refractivity contribution in [2.24, 2.45) is 0 Å². The summed E-state index contributed by atoms with van der Waals surface area (Å²) < 4.78 is 4.76. The molecule has 1 fully saturated rings. The van der Waals surface area contributed by atoms with E-state index in [1.54, 1.807) is 0 Å². The van der Waals surface area contributed by atoms with Crippen LogP contribution in [-0.2, 0) is 13.2 Å². The molecule has 0 radical (unpaired) electrons. The van der Waals surface area contributed by atoms with Gasteiger partial charge >= 0.3 is 0 Å². The summed E-state index contributed by atoms with van der Waals surface area (Å²) in [5.41, 5.74) is 1.28. The maximum atomic E-state index is 5.50. The van der Waals surface area contributed by atoms with Gasteiger partial charge in [0.05, 0.1) is 6.67 Å². The molecule has 3 heterocycles. The van der Waals surface area contributed by atoms with Gasteiger partial charge in [0.15, 0.2) is 4.77 Å².